The summed E-state index contributed by atoms with van der Waals surface area (Å²) >= 11 is 0. The highest BCUT2D eigenvalue weighted by molar-refractivity contribution is 5.75. The van der Waals surface area contributed by atoms with Gasteiger partial charge in [0.25, 0.3) is 0 Å². The minimum atomic E-state index is -0.0241. The van der Waals surface area contributed by atoms with Gasteiger partial charge in [0, 0.05) is 25.4 Å². The maximum absolute atomic E-state index is 11.3. The molecule has 1 N–H and O–H groups in total. The summed E-state index contributed by atoms with van der Waals surface area (Å²) in [6.45, 7) is 1.77. The molecule has 0 aliphatic rings. The van der Waals surface area contributed by atoms with Gasteiger partial charge in [0.2, 0.25) is 5.91 Å². The molecule has 1 radical (unpaired) electrons. The van der Waals surface area contributed by atoms with E-state index in [0.717, 1.165) is 6.54 Å². The Morgan fingerprint density at radius 1 is 1.64 bits per heavy atom. The highest BCUT2D eigenvalue weighted by Gasteiger charge is 2.01. The summed E-state index contributed by atoms with van der Waals surface area (Å²) in [6.07, 6.45) is 3.18. The molecule has 5 heteroatoms. The van der Waals surface area contributed by atoms with Crippen LogP contribution in [0.4, 0.5) is 0 Å². The highest BCUT2D eigenvalue weighted by atomic mass is 16.2. The summed E-state index contributed by atoms with van der Waals surface area (Å²) in [4.78, 5) is 13.3. The number of aromatic nitrogens is 2. The van der Waals surface area contributed by atoms with Gasteiger partial charge in [-0.05, 0) is 14.1 Å². The van der Waals surface area contributed by atoms with Gasteiger partial charge in [-0.25, -0.2) is 0 Å². The van der Waals surface area contributed by atoms with Gasteiger partial charge in [0.05, 0.1) is 6.20 Å². The standard InChI is InChI=1S/C9H15N4O/c1-12(2)7-5-10-9(14)8-13-6-3-4-11-13/h4,6H,5,7-8H2,1-2H3,(H,10,14). The Morgan fingerprint density at radius 3 is 3.00 bits per heavy atom. The number of rotatable bonds is 5. The molecule has 0 saturated carbocycles. The molecule has 5 nitrogen and oxygen atoms in total. The number of nitrogens with zero attached hydrogens (tertiary/aromatic N) is 3. The van der Waals surface area contributed by atoms with Crippen molar-refractivity contribution in [3.05, 3.63) is 18.5 Å². The fourth-order valence-electron chi connectivity index (χ4n) is 0.969. The van der Waals surface area contributed by atoms with E-state index in [1.165, 1.54) is 6.20 Å². The van der Waals surface area contributed by atoms with E-state index in [1.807, 2.05) is 19.0 Å². The largest absolute Gasteiger partial charge is 0.353 e. The third-order valence-corrected chi connectivity index (χ3v) is 1.69. The summed E-state index contributed by atoms with van der Waals surface area (Å²) < 4.78 is 1.55. The van der Waals surface area contributed by atoms with Crippen molar-refractivity contribution in [1.29, 1.82) is 0 Å². The number of hydrogen-bond acceptors (Lipinski definition) is 3. The molecule has 0 aromatic carbocycles. The quantitative estimate of drug-likeness (QED) is 0.680. The zero-order valence-electron chi connectivity index (χ0n) is 8.53. The first kappa shape index (κ1) is 10.7. The molecule has 1 rings (SSSR count). The van der Waals surface area contributed by atoms with Crippen molar-refractivity contribution < 1.29 is 4.79 Å². The third-order valence-electron chi connectivity index (χ3n) is 1.69. The second-order valence-electron chi connectivity index (χ2n) is 3.29. The average Bonchev–Trinajstić information content (AvgIpc) is 2.56. The van der Waals surface area contributed by atoms with Crippen LogP contribution in [-0.4, -0.2) is 47.8 Å². The minimum Gasteiger partial charge on any atom is -0.353 e. The molecule has 0 spiro atoms. The number of carbonyl (C=O) groups excluding carboxylic acids is 1. The molecule has 0 fully saturated rings. The molecule has 0 aliphatic carbocycles. The van der Waals surface area contributed by atoms with E-state index < -0.39 is 0 Å². The summed E-state index contributed by atoms with van der Waals surface area (Å²) in [6, 6.07) is 2.77. The summed E-state index contributed by atoms with van der Waals surface area (Å²) in [5.74, 6) is -0.0241. The van der Waals surface area contributed by atoms with Crippen LogP contribution in [0.3, 0.4) is 0 Å². The molecule has 0 saturated heterocycles. The molecule has 1 aromatic heterocycles. The first-order valence-corrected chi connectivity index (χ1v) is 4.48. The molecule has 0 aliphatic heterocycles. The van der Waals surface area contributed by atoms with Crippen molar-refractivity contribution >= 4 is 5.91 Å². The first-order chi connectivity index (χ1) is 6.68. The van der Waals surface area contributed by atoms with Gasteiger partial charge >= 0.3 is 0 Å². The van der Waals surface area contributed by atoms with E-state index in [0.29, 0.717) is 6.54 Å². The highest BCUT2D eigenvalue weighted by Crippen LogP contribution is 1.83. The van der Waals surface area contributed by atoms with Crippen LogP contribution in [0.15, 0.2) is 12.4 Å². The lowest BCUT2D eigenvalue weighted by Crippen LogP contribution is -2.33. The second kappa shape index (κ2) is 5.39. The van der Waals surface area contributed by atoms with Crippen LogP contribution in [0.25, 0.3) is 0 Å². The van der Waals surface area contributed by atoms with Crippen molar-refractivity contribution in [2.24, 2.45) is 0 Å². The first-order valence-electron chi connectivity index (χ1n) is 4.48. The van der Waals surface area contributed by atoms with Gasteiger partial charge in [-0.1, -0.05) is 0 Å². The molecule has 1 heterocycles. The predicted molar refractivity (Wildman–Crippen MR) is 52.6 cm³/mol. The summed E-state index contributed by atoms with van der Waals surface area (Å²) in [5, 5.41) is 6.69. The monoisotopic (exact) mass is 195 g/mol. The average molecular weight is 195 g/mol. The van der Waals surface area contributed by atoms with E-state index in [2.05, 4.69) is 16.5 Å². The van der Waals surface area contributed by atoms with E-state index in [4.69, 9.17) is 0 Å². The van der Waals surface area contributed by atoms with E-state index >= 15 is 0 Å². The molecular weight excluding hydrogens is 180 g/mol. The smallest absolute Gasteiger partial charge is 0.241 e. The predicted octanol–water partition coefficient (Wildman–Crippen LogP) is -0.639. The molecule has 1 aromatic rings. The summed E-state index contributed by atoms with van der Waals surface area (Å²) in [5.41, 5.74) is 0. The van der Waals surface area contributed by atoms with Crippen molar-refractivity contribution in [2.75, 3.05) is 27.2 Å². The fourth-order valence-corrected chi connectivity index (χ4v) is 0.969. The topological polar surface area (TPSA) is 50.2 Å². The van der Waals surface area contributed by atoms with Gasteiger partial charge in [-0.3, -0.25) is 9.48 Å². The fraction of sp³-hybridized carbons (Fsp3) is 0.556. The summed E-state index contributed by atoms with van der Waals surface area (Å²) in [7, 11) is 3.93. The van der Waals surface area contributed by atoms with Crippen LogP contribution in [-0.2, 0) is 11.3 Å². The van der Waals surface area contributed by atoms with Crippen molar-refractivity contribution in [2.45, 2.75) is 6.54 Å². The lowest BCUT2D eigenvalue weighted by atomic mass is 10.5. The van der Waals surface area contributed by atoms with Gasteiger partial charge in [0.1, 0.15) is 6.54 Å². The van der Waals surface area contributed by atoms with Crippen LogP contribution in [0.5, 0.6) is 0 Å². The third kappa shape index (κ3) is 4.04. The zero-order chi connectivity index (χ0) is 10.4. The van der Waals surface area contributed by atoms with E-state index in [9.17, 15) is 4.79 Å². The van der Waals surface area contributed by atoms with Crippen LogP contribution in [0.2, 0.25) is 0 Å². The van der Waals surface area contributed by atoms with E-state index in [-0.39, 0.29) is 12.5 Å². The number of amides is 1. The van der Waals surface area contributed by atoms with Gasteiger partial charge in [-0.15, -0.1) is 0 Å². The molecular formula is C9H15N4O. The molecule has 0 bridgehead atoms. The number of likely N-dealkylation sites (N-methyl/N-ethyl adjacent to an activating group) is 1. The molecule has 77 valence electrons. The SMILES string of the molecule is CN(C)CCNC(=O)Cn1c[c]cn1. The Balaban J connectivity index is 2.17. The maximum atomic E-state index is 11.3. The van der Waals surface area contributed by atoms with Gasteiger partial charge < -0.3 is 10.2 Å². The van der Waals surface area contributed by atoms with Crippen molar-refractivity contribution in [1.82, 2.24) is 20.0 Å². The van der Waals surface area contributed by atoms with Crippen molar-refractivity contribution in [3.8, 4) is 0 Å². The van der Waals surface area contributed by atoms with Crippen molar-refractivity contribution in [3.63, 3.8) is 0 Å². The Bertz CT molecular complexity index is 268. The Hall–Kier alpha value is -1.36. The molecule has 14 heavy (non-hydrogen) atoms. The minimum absolute atomic E-state index is 0.0241. The number of nitrogens with one attached hydrogen (secondary N) is 1. The zero-order valence-corrected chi connectivity index (χ0v) is 8.53. The number of carbonyl (C=O) groups is 1. The number of hydrogen-bond donors (Lipinski definition) is 1. The normalized spacial score (nSPS) is 10.5. The lowest BCUT2D eigenvalue weighted by Gasteiger charge is -2.10. The van der Waals surface area contributed by atoms with Crippen LogP contribution in [0, 0.1) is 6.07 Å². The lowest BCUT2D eigenvalue weighted by molar-refractivity contribution is -0.121. The molecule has 1 amide bonds. The second-order valence-corrected chi connectivity index (χ2v) is 3.29. The Morgan fingerprint density at radius 2 is 2.43 bits per heavy atom. The van der Waals surface area contributed by atoms with Crippen LogP contribution >= 0.6 is 0 Å². The Kier molecular flexibility index (Phi) is 4.12. The van der Waals surface area contributed by atoms with E-state index in [1.54, 1.807) is 10.9 Å². The molecule has 0 unspecified atom stereocenters. The van der Waals surface area contributed by atoms with Gasteiger partial charge in [0.15, 0.2) is 0 Å². The van der Waals surface area contributed by atoms with Gasteiger partial charge in [-0.2, -0.15) is 5.10 Å². The maximum Gasteiger partial charge on any atom is 0.241 e. The Labute approximate surface area is 83.7 Å². The molecule has 0 atom stereocenters. The van der Waals surface area contributed by atoms with Crippen LogP contribution in [0.1, 0.15) is 0 Å². The van der Waals surface area contributed by atoms with Crippen LogP contribution < -0.4 is 5.32 Å².